The van der Waals surface area contributed by atoms with E-state index in [1.807, 2.05) is 42.5 Å². The Hall–Kier alpha value is -2.51. The third kappa shape index (κ3) is 5.02. The van der Waals surface area contributed by atoms with Crippen molar-refractivity contribution in [1.29, 1.82) is 0 Å². The summed E-state index contributed by atoms with van der Waals surface area (Å²) in [4.78, 5) is 10.8. The zero-order valence-electron chi connectivity index (χ0n) is 14.8. The molecule has 1 aromatic heterocycles. The number of aromatic nitrogens is 3. The normalized spacial score (nSPS) is 10.7. The van der Waals surface area contributed by atoms with Gasteiger partial charge in [-0.25, -0.2) is 0 Å². The lowest BCUT2D eigenvalue weighted by Gasteiger charge is -2.08. The number of benzene rings is 2. The zero-order valence-corrected chi connectivity index (χ0v) is 16.3. The van der Waals surface area contributed by atoms with Gasteiger partial charge in [-0.2, -0.15) is 0 Å². The number of ether oxygens (including phenoxy) is 1. The van der Waals surface area contributed by atoms with Crippen LogP contribution in [0.5, 0.6) is 5.75 Å². The first kappa shape index (κ1) is 19.3. The number of amides is 1. The fourth-order valence-electron chi connectivity index (χ4n) is 2.52. The van der Waals surface area contributed by atoms with E-state index in [-0.39, 0.29) is 6.61 Å². The highest BCUT2D eigenvalue weighted by Gasteiger charge is 2.13. The molecule has 0 atom stereocenters. The molecule has 0 bridgehead atoms. The summed E-state index contributed by atoms with van der Waals surface area (Å²) in [6, 6.07) is 15.1. The molecule has 1 amide bonds. The van der Waals surface area contributed by atoms with Crippen LogP contribution in [0.3, 0.4) is 0 Å². The first-order valence-corrected chi connectivity index (χ1v) is 9.75. The Labute approximate surface area is 166 Å². The molecule has 0 spiro atoms. The van der Waals surface area contributed by atoms with Crippen LogP contribution in [0.1, 0.15) is 12.5 Å². The van der Waals surface area contributed by atoms with Crippen molar-refractivity contribution in [3.8, 4) is 17.1 Å². The smallest absolute Gasteiger partial charge is 0.255 e. The highest BCUT2D eigenvalue weighted by molar-refractivity contribution is 7.98. The minimum Gasteiger partial charge on any atom is -0.484 e. The van der Waals surface area contributed by atoms with Gasteiger partial charge in [0, 0.05) is 22.9 Å². The maximum Gasteiger partial charge on any atom is 0.255 e. The van der Waals surface area contributed by atoms with Gasteiger partial charge in [-0.1, -0.05) is 35.5 Å². The zero-order chi connectivity index (χ0) is 19.2. The molecule has 0 aliphatic rings. The maximum absolute atomic E-state index is 10.8. The van der Waals surface area contributed by atoms with Gasteiger partial charge >= 0.3 is 0 Å². The molecule has 3 aromatic rings. The van der Waals surface area contributed by atoms with Crippen LogP contribution in [0.15, 0.2) is 53.7 Å². The van der Waals surface area contributed by atoms with Gasteiger partial charge in [-0.3, -0.25) is 4.79 Å². The molecule has 0 aliphatic heterocycles. The summed E-state index contributed by atoms with van der Waals surface area (Å²) in [5, 5.41) is 10.2. The van der Waals surface area contributed by atoms with Crippen LogP contribution in [0.2, 0.25) is 5.02 Å². The Morgan fingerprint density at radius 3 is 2.70 bits per heavy atom. The predicted octanol–water partition coefficient (Wildman–Crippen LogP) is 3.77. The van der Waals surface area contributed by atoms with E-state index in [9.17, 15) is 4.79 Å². The quantitative estimate of drug-likeness (QED) is 0.580. The van der Waals surface area contributed by atoms with Gasteiger partial charge in [-0.15, -0.1) is 10.2 Å². The second-order valence-electron chi connectivity index (χ2n) is 5.75. The number of rotatable bonds is 8. The van der Waals surface area contributed by atoms with E-state index in [0.29, 0.717) is 16.5 Å². The fourth-order valence-corrected chi connectivity index (χ4v) is 3.59. The van der Waals surface area contributed by atoms with Gasteiger partial charge in [0.1, 0.15) is 5.75 Å². The number of nitrogens with zero attached hydrogens (tertiary/aromatic N) is 3. The van der Waals surface area contributed by atoms with Gasteiger partial charge in [0.05, 0.1) is 0 Å². The topological polar surface area (TPSA) is 83.0 Å². The molecule has 27 heavy (non-hydrogen) atoms. The van der Waals surface area contributed by atoms with Gasteiger partial charge in [0.15, 0.2) is 17.6 Å². The molecule has 3 rings (SSSR count). The standard InChI is InChI=1S/C19H19ClN4O2S/c1-2-24-18(14-6-8-15(20)9-7-14)22-23-19(24)27-12-13-4-3-5-16(10-13)26-11-17(21)25/h3-10H,2,11-12H2,1H3,(H2,21,25). The molecule has 2 N–H and O–H groups in total. The van der Waals surface area contributed by atoms with Crippen molar-refractivity contribution >= 4 is 29.3 Å². The Kier molecular flexibility index (Phi) is 6.36. The van der Waals surface area contributed by atoms with Gasteiger partial charge in [0.25, 0.3) is 5.91 Å². The third-order valence-corrected chi connectivity index (χ3v) is 5.07. The number of thioether (sulfide) groups is 1. The minimum atomic E-state index is -0.499. The summed E-state index contributed by atoms with van der Waals surface area (Å²) < 4.78 is 7.42. The highest BCUT2D eigenvalue weighted by atomic mass is 35.5. The summed E-state index contributed by atoms with van der Waals surface area (Å²) in [5.74, 6) is 1.63. The van der Waals surface area contributed by atoms with Crippen LogP contribution < -0.4 is 10.5 Å². The number of halogens is 1. The Morgan fingerprint density at radius 1 is 1.22 bits per heavy atom. The molecule has 0 fully saturated rings. The van der Waals surface area contributed by atoms with Crippen LogP contribution in [-0.2, 0) is 17.1 Å². The molecule has 0 saturated heterocycles. The first-order chi connectivity index (χ1) is 13.1. The van der Waals surface area contributed by atoms with Gasteiger partial charge < -0.3 is 15.0 Å². The van der Waals surface area contributed by atoms with Crippen LogP contribution in [0, 0.1) is 0 Å². The number of carbonyl (C=O) groups is 1. The van der Waals surface area contributed by atoms with E-state index < -0.39 is 5.91 Å². The predicted molar refractivity (Wildman–Crippen MR) is 107 cm³/mol. The Bertz CT molecular complexity index is 928. The van der Waals surface area contributed by atoms with Crippen molar-refractivity contribution in [2.45, 2.75) is 24.4 Å². The summed E-state index contributed by atoms with van der Waals surface area (Å²) in [7, 11) is 0. The minimum absolute atomic E-state index is 0.134. The monoisotopic (exact) mass is 402 g/mol. The van der Waals surface area contributed by atoms with Crippen molar-refractivity contribution in [2.75, 3.05) is 6.61 Å². The second kappa shape index (κ2) is 8.92. The van der Waals surface area contributed by atoms with E-state index in [1.165, 1.54) is 0 Å². The van der Waals surface area contributed by atoms with E-state index >= 15 is 0 Å². The lowest BCUT2D eigenvalue weighted by molar-refractivity contribution is -0.119. The van der Waals surface area contributed by atoms with Crippen LogP contribution in [0.4, 0.5) is 0 Å². The summed E-state index contributed by atoms with van der Waals surface area (Å²) in [5.41, 5.74) is 7.14. The number of hydrogen-bond donors (Lipinski definition) is 1. The average molecular weight is 403 g/mol. The number of hydrogen-bond acceptors (Lipinski definition) is 5. The largest absolute Gasteiger partial charge is 0.484 e. The lowest BCUT2D eigenvalue weighted by atomic mass is 10.2. The second-order valence-corrected chi connectivity index (χ2v) is 7.13. The van der Waals surface area contributed by atoms with Crippen molar-refractivity contribution in [3.05, 3.63) is 59.1 Å². The number of primary amides is 1. The maximum atomic E-state index is 10.8. The SMILES string of the molecule is CCn1c(SCc2cccc(OCC(N)=O)c2)nnc1-c1ccc(Cl)cc1. The van der Waals surface area contributed by atoms with Crippen molar-refractivity contribution in [3.63, 3.8) is 0 Å². The number of carbonyl (C=O) groups excluding carboxylic acids is 1. The van der Waals surface area contributed by atoms with Crippen LogP contribution in [0.25, 0.3) is 11.4 Å². The van der Waals surface area contributed by atoms with Gasteiger partial charge in [-0.05, 0) is 48.9 Å². The summed E-state index contributed by atoms with van der Waals surface area (Å²) in [6.07, 6.45) is 0. The van der Waals surface area contributed by atoms with E-state index in [0.717, 1.165) is 28.7 Å². The van der Waals surface area contributed by atoms with Crippen molar-refractivity contribution < 1.29 is 9.53 Å². The molecule has 2 aromatic carbocycles. The van der Waals surface area contributed by atoms with Crippen molar-refractivity contribution in [2.24, 2.45) is 5.73 Å². The summed E-state index contributed by atoms with van der Waals surface area (Å²) in [6.45, 7) is 2.69. The number of nitrogens with two attached hydrogens (primary N) is 1. The lowest BCUT2D eigenvalue weighted by Crippen LogP contribution is -2.20. The van der Waals surface area contributed by atoms with Gasteiger partial charge in [0.2, 0.25) is 0 Å². The molecule has 140 valence electrons. The van der Waals surface area contributed by atoms with Crippen LogP contribution >= 0.6 is 23.4 Å². The highest BCUT2D eigenvalue weighted by Crippen LogP contribution is 2.28. The first-order valence-electron chi connectivity index (χ1n) is 8.38. The molecule has 6 nitrogen and oxygen atoms in total. The Morgan fingerprint density at radius 2 is 2.00 bits per heavy atom. The molecule has 0 saturated carbocycles. The molecule has 0 unspecified atom stereocenters. The third-order valence-electron chi connectivity index (χ3n) is 3.78. The molecule has 8 heteroatoms. The average Bonchev–Trinajstić information content (AvgIpc) is 3.08. The van der Waals surface area contributed by atoms with E-state index in [2.05, 4.69) is 21.7 Å². The molecular formula is C19H19ClN4O2S. The molecule has 0 radical (unpaired) electrons. The van der Waals surface area contributed by atoms with Crippen LogP contribution in [-0.4, -0.2) is 27.3 Å². The van der Waals surface area contributed by atoms with Crippen molar-refractivity contribution in [1.82, 2.24) is 14.8 Å². The fraction of sp³-hybridized carbons (Fsp3) is 0.211. The molecule has 0 aliphatic carbocycles. The Balaban J connectivity index is 1.72. The molecule has 1 heterocycles. The molecular weight excluding hydrogens is 384 g/mol. The summed E-state index contributed by atoms with van der Waals surface area (Å²) >= 11 is 7.56. The van der Waals surface area contributed by atoms with E-state index in [4.69, 9.17) is 22.1 Å². The van der Waals surface area contributed by atoms with E-state index in [1.54, 1.807) is 17.8 Å².